The van der Waals surface area contributed by atoms with Gasteiger partial charge in [0.25, 0.3) is 0 Å². The van der Waals surface area contributed by atoms with Crippen molar-refractivity contribution in [3.8, 4) is 5.75 Å². The van der Waals surface area contributed by atoms with Gasteiger partial charge in [0, 0.05) is 12.6 Å². The van der Waals surface area contributed by atoms with Gasteiger partial charge in [0.2, 0.25) is 0 Å². The molecule has 1 saturated carbocycles. The van der Waals surface area contributed by atoms with Crippen LogP contribution in [0.3, 0.4) is 0 Å². The van der Waals surface area contributed by atoms with Crippen molar-refractivity contribution >= 4 is 0 Å². The molecule has 1 aliphatic carbocycles. The van der Waals surface area contributed by atoms with Crippen LogP contribution in [0.15, 0.2) is 24.3 Å². The molecule has 2 rings (SSSR count). The molecule has 3 heteroatoms. The van der Waals surface area contributed by atoms with Crippen LogP contribution in [0.4, 0.5) is 0 Å². The molecule has 1 aromatic carbocycles. The zero-order valence-electron chi connectivity index (χ0n) is 13.4. The minimum absolute atomic E-state index is 0.364. The molecule has 118 valence electrons. The van der Waals surface area contributed by atoms with Crippen molar-refractivity contribution in [2.24, 2.45) is 0 Å². The van der Waals surface area contributed by atoms with Crippen LogP contribution in [-0.4, -0.2) is 42.4 Å². The number of aliphatic hydroxyl groups excluding tert-OH is 1. The molecule has 0 spiro atoms. The summed E-state index contributed by atoms with van der Waals surface area (Å²) in [5.74, 6) is 0.839. The van der Waals surface area contributed by atoms with Crippen LogP contribution in [-0.2, 0) is 6.42 Å². The van der Waals surface area contributed by atoms with Crippen molar-refractivity contribution in [1.29, 1.82) is 0 Å². The molecule has 21 heavy (non-hydrogen) atoms. The number of nitrogens with zero attached hydrogens (tertiary/aromatic N) is 1. The summed E-state index contributed by atoms with van der Waals surface area (Å²) >= 11 is 0. The van der Waals surface area contributed by atoms with Crippen LogP contribution >= 0.6 is 0 Å². The van der Waals surface area contributed by atoms with Crippen LogP contribution in [0.1, 0.15) is 44.6 Å². The Morgan fingerprint density at radius 3 is 2.48 bits per heavy atom. The second kappa shape index (κ2) is 8.40. The zero-order chi connectivity index (χ0) is 15.1. The third kappa shape index (κ3) is 5.33. The molecule has 1 aromatic rings. The van der Waals surface area contributed by atoms with Gasteiger partial charge in [-0.2, -0.15) is 0 Å². The van der Waals surface area contributed by atoms with E-state index < -0.39 is 6.10 Å². The van der Waals surface area contributed by atoms with Crippen LogP contribution < -0.4 is 4.74 Å². The molecule has 0 bridgehead atoms. The predicted molar refractivity (Wildman–Crippen MR) is 86.8 cm³/mol. The third-order valence-electron chi connectivity index (χ3n) is 4.47. The Kier molecular flexibility index (Phi) is 6.52. The summed E-state index contributed by atoms with van der Waals surface area (Å²) < 4.78 is 5.68. The van der Waals surface area contributed by atoms with E-state index in [1.165, 1.54) is 37.7 Å². The average Bonchev–Trinajstić information content (AvgIpc) is 2.54. The fourth-order valence-electron chi connectivity index (χ4n) is 3.07. The lowest BCUT2D eigenvalue weighted by atomic mass is 9.94. The van der Waals surface area contributed by atoms with Gasteiger partial charge in [0.15, 0.2) is 0 Å². The van der Waals surface area contributed by atoms with Gasteiger partial charge in [-0.25, -0.2) is 0 Å². The summed E-state index contributed by atoms with van der Waals surface area (Å²) in [5, 5.41) is 10.1. The lowest BCUT2D eigenvalue weighted by Crippen LogP contribution is -2.40. The molecule has 1 N–H and O–H groups in total. The van der Waals surface area contributed by atoms with Crippen molar-refractivity contribution in [3.05, 3.63) is 29.8 Å². The summed E-state index contributed by atoms with van der Waals surface area (Å²) in [7, 11) is 2.12. The number of hydrogen-bond donors (Lipinski definition) is 1. The van der Waals surface area contributed by atoms with E-state index in [1.807, 2.05) is 12.1 Å². The van der Waals surface area contributed by atoms with Crippen LogP contribution in [0.5, 0.6) is 5.75 Å². The third-order valence-corrected chi connectivity index (χ3v) is 4.47. The van der Waals surface area contributed by atoms with Crippen molar-refractivity contribution in [2.75, 3.05) is 20.2 Å². The summed E-state index contributed by atoms with van der Waals surface area (Å²) in [6.45, 7) is 3.20. The molecule has 3 nitrogen and oxygen atoms in total. The molecule has 0 heterocycles. The molecule has 1 fully saturated rings. The Morgan fingerprint density at radius 2 is 1.86 bits per heavy atom. The van der Waals surface area contributed by atoms with Crippen LogP contribution in [0, 0.1) is 0 Å². The molecule has 0 aromatic heterocycles. The fraction of sp³-hybridized carbons (Fsp3) is 0.667. The molecular weight excluding hydrogens is 262 g/mol. The summed E-state index contributed by atoms with van der Waals surface area (Å²) in [6.07, 6.45) is 7.16. The largest absolute Gasteiger partial charge is 0.491 e. The molecule has 0 radical (unpaired) electrons. The highest BCUT2D eigenvalue weighted by Gasteiger charge is 2.20. The van der Waals surface area contributed by atoms with Gasteiger partial charge >= 0.3 is 0 Å². The monoisotopic (exact) mass is 291 g/mol. The number of benzene rings is 1. The smallest absolute Gasteiger partial charge is 0.119 e. The number of hydrogen-bond acceptors (Lipinski definition) is 3. The average molecular weight is 291 g/mol. The van der Waals surface area contributed by atoms with Gasteiger partial charge in [-0.05, 0) is 44.0 Å². The van der Waals surface area contributed by atoms with Gasteiger partial charge in [-0.1, -0.05) is 38.3 Å². The van der Waals surface area contributed by atoms with Crippen molar-refractivity contribution in [2.45, 2.75) is 57.6 Å². The second-order valence-electron chi connectivity index (χ2n) is 6.19. The van der Waals surface area contributed by atoms with Crippen molar-refractivity contribution in [3.63, 3.8) is 0 Å². The van der Waals surface area contributed by atoms with E-state index >= 15 is 0 Å². The lowest BCUT2D eigenvalue weighted by molar-refractivity contribution is 0.0561. The zero-order valence-corrected chi connectivity index (χ0v) is 13.4. The minimum atomic E-state index is -0.428. The first-order valence-electron chi connectivity index (χ1n) is 8.29. The van der Waals surface area contributed by atoms with Gasteiger partial charge in [-0.3, -0.25) is 0 Å². The maximum Gasteiger partial charge on any atom is 0.119 e. The highest BCUT2D eigenvalue weighted by atomic mass is 16.5. The fourth-order valence-corrected chi connectivity index (χ4v) is 3.07. The van der Waals surface area contributed by atoms with Crippen molar-refractivity contribution in [1.82, 2.24) is 4.90 Å². The quantitative estimate of drug-likeness (QED) is 0.837. The van der Waals surface area contributed by atoms with E-state index in [0.29, 0.717) is 19.2 Å². The highest BCUT2D eigenvalue weighted by molar-refractivity contribution is 5.27. The van der Waals surface area contributed by atoms with Crippen molar-refractivity contribution < 1.29 is 9.84 Å². The van der Waals surface area contributed by atoms with Gasteiger partial charge in [0.05, 0.1) is 0 Å². The summed E-state index contributed by atoms with van der Waals surface area (Å²) in [4.78, 5) is 2.30. The Bertz CT molecular complexity index is 398. The number of rotatable bonds is 7. The lowest BCUT2D eigenvalue weighted by Gasteiger charge is -2.32. The minimum Gasteiger partial charge on any atom is -0.491 e. The maximum absolute atomic E-state index is 10.1. The van der Waals surface area contributed by atoms with Gasteiger partial charge in [-0.15, -0.1) is 0 Å². The Labute approximate surface area is 128 Å². The Morgan fingerprint density at radius 1 is 1.19 bits per heavy atom. The highest BCUT2D eigenvalue weighted by Crippen LogP contribution is 2.21. The summed E-state index contributed by atoms with van der Waals surface area (Å²) in [6, 6.07) is 8.76. The first kappa shape index (κ1) is 16.3. The van der Waals surface area contributed by atoms with E-state index in [4.69, 9.17) is 4.74 Å². The van der Waals surface area contributed by atoms with Gasteiger partial charge < -0.3 is 14.7 Å². The van der Waals surface area contributed by atoms with E-state index in [2.05, 4.69) is 31.0 Å². The second-order valence-corrected chi connectivity index (χ2v) is 6.19. The number of aryl methyl sites for hydroxylation is 1. The molecule has 1 aliphatic rings. The van der Waals surface area contributed by atoms with E-state index in [0.717, 1.165) is 12.2 Å². The van der Waals surface area contributed by atoms with E-state index in [9.17, 15) is 5.11 Å². The molecule has 1 atom stereocenters. The first-order valence-corrected chi connectivity index (χ1v) is 8.29. The van der Waals surface area contributed by atoms with E-state index in [-0.39, 0.29) is 0 Å². The molecule has 0 unspecified atom stereocenters. The Balaban J connectivity index is 1.71. The van der Waals surface area contributed by atoms with Crippen LogP contribution in [0.25, 0.3) is 0 Å². The maximum atomic E-state index is 10.1. The molecule has 0 aliphatic heterocycles. The molecular formula is C18H29NO2. The SMILES string of the molecule is CCc1ccc(OC[C@H](O)CN(C)C2CCCCC2)cc1. The summed E-state index contributed by atoms with van der Waals surface area (Å²) in [5.41, 5.74) is 1.31. The normalized spacial score (nSPS) is 17.9. The van der Waals surface area contributed by atoms with Gasteiger partial charge in [0.1, 0.15) is 18.5 Å². The standard InChI is InChI=1S/C18H29NO2/c1-3-15-9-11-18(12-10-15)21-14-17(20)13-19(2)16-7-5-4-6-8-16/h9-12,16-17,20H,3-8,13-14H2,1-2H3/t17-/m1/s1. The van der Waals surface area contributed by atoms with E-state index in [1.54, 1.807) is 0 Å². The number of aliphatic hydroxyl groups is 1. The Hall–Kier alpha value is -1.06. The predicted octanol–water partition coefficient (Wildman–Crippen LogP) is 3.25. The topological polar surface area (TPSA) is 32.7 Å². The number of ether oxygens (including phenoxy) is 1. The molecule has 0 amide bonds. The number of likely N-dealkylation sites (N-methyl/N-ethyl adjacent to an activating group) is 1. The first-order chi connectivity index (χ1) is 10.2. The van der Waals surface area contributed by atoms with Crippen LogP contribution in [0.2, 0.25) is 0 Å². The molecule has 0 saturated heterocycles.